The zero-order chi connectivity index (χ0) is 13.0. The molecular formula is C13H17Br2NO. The molecule has 17 heavy (non-hydrogen) atoms. The summed E-state index contributed by atoms with van der Waals surface area (Å²) in [7, 11) is 0. The molecule has 2 nitrogen and oxygen atoms in total. The normalized spacial score (nSPS) is 12.6. The molecule has 0 radical (unpaired) electrons. The zero-order valence-corrected chi connectivity index (χ0v) is 13.4. The van der Waals surface area contributed by atoms with Gasteiger partial charge in [0.1, 0.15) is 0 Å². The number of hydrogen-bond acceptors (Lipinski definition) is 1. The van der Waals surface area contributed by atoms with Crippen molar-refractivity contribution in [2.45, 2.75) is 26.8 Å². The number of hydrogen-bond donors (Lipinski definition) is 1. The molecule has 0 aliphatic rings. The predicted molar refractivity (Wildman–Crippen MR) is 78.8 cm³/mol. The van der Waals surface area contributed by atoms with E-state index in [4.69, 9.17) is 0 Å². The third-order valence-electron chi connectivity index (χ3n) is 2.71. The van der Waals surface area contributed by atoms with Gasteiger partial charge in [0, 0.05) is 21.4 Å². The Labute approximate surface area is 119 Å². The first-order chi connectivity index (χ1) is 7.95. The number of benzene rings is 1. The Morgan fingerprint density at radius 2 is 2.06 bits per heavy atom. The summed E-state index contributed by atoms with van der Waals surface area (Å²) in [6, 6.07) is 5.79. The second-order valence-electron chi connectivity index (χ2n) is 4.44. The minimum atomic E-state index is -0.0150. The van der Waals surface area contributed by atoms with Gasteiger partial charge >= 0.3 is 0 Å². The molecule has 1 atom stereocenters. The van der Waals surface area contributed by atoms with Crippen molar-refractivity contribution < 1.29 is 4.79 Å². The number of aryl methyl sites for hydroxylation is 1. The van der Waals surface area contributed by atoms with E-state index in [9.17, 15) is 4.79 Å². The smallest absolute Gasteiger partial charge is 0.251 e. The maximum absolute atomic E-state index is 12.0. The second-order valence-corrected chi connectivity index (χ2v) is 5.94. The van der Waals surface area contributed by atoms with Gasteiger partial charge in [0.15, 0.2) is 0 Å². The summed E-state index contributed by atoms with van der Waals surface area (Å²) in [5.41, 5.74) is 1.77. The number of amides is 1. The number of alkyl halides is 1. The van der Waals surface area contributed by atoms with Gasteiger partial charge in [-0.3, -0.25) is 4.79 Å². The molecule has 0 aromatic heterocycles. The monoisotopic (exact) mass is 361 g/mol. The number of rotatable bonds is 4. The van der Waals surface area contributed by atoms with Gasteiger partial charge < -0.3 is 5.32 Å². The average Bonchev–Trinajstić information content (AvgIpc) is 2.28. The zero-order valence-electron chi connectivity index (χ0n) is 10.3. The van der Waals surface area contributed by atoms with E-state index in [0.717, 1.165) is 15.4 Å². The van der Waals surface area contributed by atoms with Crippen LogP contribution in [0.25, 0.3) is 0 Å². The van der Waals surface area contributed by atoms with Crippen molar-refractivity contribution >= 4 is 37.8 Å². The van der Waals surface area contributed by atoms with Crippen LogP contribution in [-0.2, 0) is 0 Å². The second kappa shape index (κ2) is 6.55. The van der Waals surface area contributed by atoms with Gasteiger partial charge in [0.05, 0.1) is 0 Å². The van der Waals surface area contributed by atoms with Crippen LogP contribution in [0.15, 0.2) is 22.7 Å². The van der Waals surface area contributed by atoms with Crippen LogP contribution in [-0.4, -0.2) is 17.3 Å². The van der Waals surface area contributed by atoms with Crippen LogP contribution in [0, 0.1) is 12.8 Å². The highest BCUT2D eigenvalue weighted by molar-refractivity contribution is 9.10. The lowest BCUT2D eigenvalue weighted by molar-refractivity contribution is 0.0931. The Balaban J connectivity index is 2.79. The average molecular weight is 363 g/mol. The number of nitrogens with one attached hydrogen (secondary N) is 1. The van der Waals surface area contributed by atoms with Crippen molar-refractivity contribution in [2.75, 3.05) is 5.33 Å². The summed E-state index contributed by atoms with van der Waals surface area (Å²) in [5.74, 6) is 0.397. The van der Waals surface area contributed by atoms with Crippen molar-refractivity contribution in [1.29, 1.82) is 0 Å². The van der Waals surface area contributed by atoms with Crippen molar-refractivity contribution in [1.82, 2.24) is 5.32 Å². The maximum atomic E-state index is 12.0. The first-order valence-corrected chi connectivity index (χ1v) is 7.50. The maximum Gasteiger partial charge on any atom is 0.251 e. The van der Waals surface area contributed by atoms with Gasteiger partial charge in [-0.25, -0.2) is 0 Å². The third-order valence-corrected chi connectivity index (χ3v) is 4.29. The van der Waals surface area contributed by atoms with Gasteiger partial charge in [-0.15, -0.1) is 0 Å². The van der Waals surface area contributed by atoms with E-state index in [0.29, 0.717) is 11.5 Å². The molecule has 0 aliphatic carbocycles. The quantitative estimate of drug-likeness (QED) is 0.808. The van der Waals surface area contributed by atoms with E-state index in [1.807, 2.05) is 25.1 Å². The van der Waals surface area contributed by atoms with Crippen LogP contribution in [0.5, 0.6) is 0 Å². The Kier molecular flexibility index (Phi) is 5.67. The molecule has 1 aromatic carbocycles. The SMILES string of the molecule is Cc1cc(C(=O)NC(CBr)C(C)C)ccc1Br. The molecule has 1 N–H and O–H groups in total. The van der Waals surface area contributed by atoms with E-state index >= 15 is 0 Å². The largest absolute Gasteiger partial charge is 0.348 e. The fourth-order valence-corrected chi connectivity index (χ4v) is 2.58. The minimum absolute atomic E-state index is 0.0150. The van der Waals surface area contributed by atoms with Gasteiger partial charge in [-0.05, 0) is 36.6 Å². The molecule has 4 heteroatoms. The molecule has 1 rings (SSSR count). The molecular weight excluding hydrogens is 346 g/mol. The lowest BCUT2D eigenvalue weighted by Gasteiger charge is -2.20. The van der Waals surface area contributed by atoms with E-state index in [2.05, 4.69) is 51.0 Å². The molecule has 0 saturated carbocycles. The standard InChI is InChI=1S/C13H17Br2NO/c1-8(2)12(7-14)16-13(17)10-4-5-11(15)9(3)6-10/h4-6,8,12H,7H2,1-3H3,(H,16,17). The summed E-state index contributed by atoms with van der Waals surface area (Å²) < 4.78 is 1.02. The van der Waals surface area contributed by atoms with Gasteiger partial charge in [0.25, 0.3) is 5.91 Å². The summed E-state index contributed by atoms with van der Waals surface area (Å²) >= 11 is 6.85. The molecule has 0 spiro atoms. The molecule has 0 saturated heterocycles. The van der Waals surface area contributed by atoms with Crippen LogP contribution in [0.4, 0.5) is 0 Å². The Morgan fingerprint density at radius 1 is 1.41 bits per heavy atom. The first kappa shape index (κ1) is 14.7. The molecule has 0 fully saturated rings. The number of carbonyl (C=O) groups is 1. The van der Waals surface area contributed by atoms with Crippen molar-refractivity contribution in [2.24, 2.45) is 5.92 Å². The van der Waals surface area contributed by atoms with Crippen LogP contribution < -0.4 is 5.32 Å². The van der Waals surface area contributed by atoms with E-state index in [1.54, 1.807) is 0 Å². The first-order valence-electron chi connectivity index (χ1n) is 5.58. The lowest BCUT2D eigenvalue weighted by Crippen LogP contribution is -2.39. The van der Waals surface area contributed by atoms with Gasteiger partial charge in [-0.1, -0.05) is 45.7 Å². The topological polar surface area (TPSA) is 29.1 Å². The van der Waals surface area contributed by atoms with Gasteiger partial charge in [0.2, 0.25) is 0 Å². The van der Waals surface area contributed by atoms with E-state index < -0.39 is 0 Å². The Morgan fingerprint density at radius 3 is 2.53 bits per heavy atom. The van der Waals surface area contributed by atoms with Crippen LogP contribution >= 0.6 is 31.9 Å². The van der Waals surface area contributed by atoms with Crippen LogP contribution in [0.1, 0.15) is 29.8 Å². The lowest BCUT2D eigenvalue weighted by atomic mass is 10.1. The Hall–Kier alpha value is -0.350. The highest BCUT2D eigenvalue weighted by Crippen LogP contribution is 2.17. The van der Waals surface area contributed by atoms with Gasteiger partial charge in [-0.2, -0.15) is 0 Å². The van der Waals surface area contributed by atoms with Crippen molar-refractivity contribution in [3.8, 4) is 0 Å². The Bertz CT molecular complexity index is 404. The predicted octanol–water partition coefficient (Wildman–Crippen LogP) is 3.91. The fraction of sp³-hybridized carbons (Fsp3) is 0.462. The summed E-state index contributed by atoms with van der Waals surface area (Å²) in [6.45, 7) is 6.17. The highest BCUT2D eigenvalue weighted by Gasteiger charge is 2.16. The molecule has 0 aliphatic heterocycles. The molecule has 1 amide bonds. The fourth-order valence-electron chi connectivity index (χ4n) is 1.42. The van der Waals surface area contributed by atoms with E-state index in [1.165, 1.54) is 0 Å². The summed E-state index contributed by atoms with van der Waals surface area (Å²) in [5, 5.41) is 3.80. The third kappa shape index (κ3) is 4.11. The van der Waals surface area contributed by atoms with E-state index in [-0.39, 0.29) is 11.9 Å². The summed E-state index contributed by atoms with van der Waals surface area (Å²) in [4.78, 5) is 12.0. The van der Waals surface area contributed by atoms with Crippen LogP contribution in [0.3, 0.4) is 0 Å². The van der Waals surface area contributed by atoms with Crippen molar-refractivity contribution in [3.05, 3.63) is 33.8 Å². The molecule has 94 valence electrons. The minimum Gasteiger partial charge on any atom is -0.348 e. The summed E-state index contributed by atoms with van der Waals surface area (Å²) in [6.07, 6.45) is 0. The molecule has 0 heterocycles. The molecule has 1 aromatic rings. The number of carbonyl (C=O) groups excluding carboxylic acids is 1. The molecule has 1 unspecified atom stereocenters. The molecule has 0 bridgehead atoms. The van der Waals surface area contributed by atoms with Crippen LogP contribution in [0.2, 0.25) is 0 Å². The highest BCUT2D eigenvalue weighted by atomic mass is 79.9. The number of halogens is 2. The van der Waals surface area contributed by atoms with Crippen molar-refractivity contribution in [3.63, 3.8) is 0 Å².